The van der Waals surface area contributed by atoms with Gasteiger partial charge in [0.15, 0.2) is 5.41 Å². The van der Waals surface area contributed by atoms with E-state index in [9.17, 15) is 9.59 Å². The van der Waals surface area contributed by atoms with Crippen molar-refractivity contribution in [1.82, 2.24) is 0 Å². The lowest BCUT2D eigenvalue weighted by atomic mass is 9.75. The Balaban J connectivity index is 2.00. The molecule has 0 N–H and O–H groups in total. The van der Waals surface area contributed by atoms with Crippen molar-refractivity contribution in [3.05, 3.63) is 77.9 Å². The first-order chi connectivity index (χ1) is 13.5. The maximum Gasteiger partial charge on any atom is 0.327 e. The zero-order valence-corrected chi connectivity index (χ0v) is 16.4. The molecule has 3 rings (SSSR count). The van der Waals surface area contributed by atoms with Crippen LogP contribution in [-0.2, 0) is 31.9 Å². The second kappa shape index (κ2) is 8.01. The topological polar surface area (TPSA) is 52.6 Å². The average Bonchev–Trinajstić information content (AvgIpc) is 2.73. The van der Waals surface area contributed by atoms with Gasteiger partial charge in [-0.3, -0.25) is 9.59 Å². The Hall–Kier alpha value is -2.88. The van der Waals surface area contributed by atoms with E-state index in [0.29, 0.717) is 12.8 Å². The Labute approximate surface area is 166 Å². The zero-order chi connectivity index (χ0) is 20.2. The summed E-state index contributed by atoms with van der Waals surface area (Å²) >= 11 is 0. The van der Waals surface area contributed by atoms with Crippen molar-refractivity contribution >= 4 is 18.0 Å². The highest BCUT2D eigenvalue weighted by Gasteiger charge is 2.57. The molecule has 0 bridgehead atoms. The van der Waals surface area contributed by atoms with Gasteiger partial charge >= 0.3 is 11.9 Å². The first-order valence-corrected chi connectivity index (χ1v) is 9.69. The molecule has 1 fully saturated rings. The maximum atomic E-state index is 13.3. The van der Waals surface area contributed by atoms with Gasteiger partial charge in [0.2, 0.25) is 0 Å². The van der Waals surface area contributed by atoms with E-state index in [0.717, 1.165) is 16.7 Å². The van der Waals surface area contributed by atoms with Crippen LogP contribution in [0.1, 0.15) is 43.4 Å². The third-order valence-corrected chi connectivity index (χ3v) is 5.49. The van der Waals surface area contributed by atoms with E-state index < -0.39 is 23.1 Å². The molecule has 28 heavy (non-hydrogen) atoms. The van der Waals surface area contributed by atoms with Gasteiger partial charge in [-0.2, -0.15) is 0 Å². The van der Waals surface area contributed by atoms with Gasteiger partial charge < -0.3 is 9.47 Å². The van der Waals surface area contributed by atoms with E-state index in [1.165, 1.54) is 0 Å². The Morgan fingerprint density at radius 3 is 1.79 bits per heavy atom. The van der Waals surface area contributed by atoms with Crippen LogP contribution in [0.25, 0.3) is 6.08 Å². The first kappa shape index (κ1) is 19.9. The number of cyclic esters (lactones) is 2. The van der Waals surface area contributed by atoms with Crippen molar-refractivity contribution in [2.75, 3.05) is 0 Å². The Kier molecular flexibility index (Phi) is 5.68. The molecule has 2 aromatic carbocycles. The van der Waals surface area contributed by atoms with Gasteiger partial charge in [-0.15, -0.1) is 0 Å². The summed E-state index contributed by atoms with van der Waals surface area (Å²) in [5, 5.41) is 0. The predicted octanol–water partition coefficient (Wildman–Crippen LogP) is 4.72. The minimum absolute atomic E-state index is 0.223. The minimum atomic E-state index is -1.40. The fourth-order valence-electron chi connectivity index (χ4n) is 3.59. The summed E-state index contributed by atoms with van der Waals surface area (Å²) in [5.74, 6) is -2.19. The van der Waals surface area contributed by atoms with E-state index in [-0.39, 0.29) is 12.8 Å². The Morgan fingerprint density at radius 1 is 0.821 bits per heavy atom. The molecule has 0 unspecified atom stereocenters. The van der Waals surface area contributed by atoms with Gasteiger partial charge in [0.25, 0.3) is 5.79 Å². The van der Waals surface area contributed by atoms with E-state index >= 15 is 0 Å². The summed E-state index contributed by atoms with van der Waals surface area (Å²) in [7, 11) is 0. The normalized spacial score (nSPS) is 17.5. The molecule has 0 spiro atoms. The van der Waals surface area contributed by atoms with Gasteiger partial charge in [-0.25, -0.2) is 0 Å². The summed E-state index contributed by atoms with van der Waals surface area (Å²) in [4.78, 5) is 26.5. The van der Waals surface area contributed by atoms with Gasteiger partial charge in [0.1, 0.15) is 0 Å². The van der Waals surface area contributed by atoms with Crippen molar-refractivity contribution < 1.29 is 19.1 Å². The molecule has 0 amide bonds. The summed E-state index contributed by atoms with van der Waals surface area (Å²) in [6.07, 6.45) is 3.06. The zero-order valence-electron chi connectivity index (χ0n) is 16.4. The monoisotopic (exact) mass is 378 g/mol. The van der Waals surface area contributed by atoms with Gasteiger partial charge in [-0.1, -0.05) is 81.1 Å². The molecule has 2 aromatic rings. The van der Waals surface area contributed by atoms with Crippen LogP contribution < -0.4 is 0 Å². The maximum absolute atomic E-state index is 13.3. The molecule has 1 heterocycles. The van der Waals surface area contributed by atoms with Crippen LogP contribution in [0.3, 0.4) is 0 Å². The number of ether oxygens (including phenoxy) is 2. The van der Waals surface area contributed by atoms with E-state index in [1.54, 1.807) is 6.08 Å². The van der Waals surface area contributed by atoms with Crippen LogP contribution in [-0.4, -0.2) is 17.7 Å². The number of hydrogen-bond acceptors (Lipinski definition) is 4. The summed E-state index contributed by atoms with van der Waals surface area (Å²) < 4.78 is 11.5. The van der Waals surface area contributed by atoms with E-state index in [1.807, 2.05) is 68.4 Å². The highest BCUT2D eigenvalue weighted by Crippen LogP contribution is 2.41. The molecule has 0 aromatic heterocycles. The van der Waals surface area contributed by atoms with Crippen LogP contribution in [0.2, 0.25) is 0 Å². The van der Waals surface area contributed by atoms with Crippen LogP contribution in [0.15, 0.2) is 61.2 Å². The second-order valence-corrected chi connectivity index (χ2v) is 7.26. The third-order valence-electron chi connectivity index (χ3n) is 5.49. The van der Waals surface area contributed by atoms with Gasteiger partial charge in [0, 0.05) is 12.8 Å². The second-order valence-electron chi connectivity index (χ2n) is 7.26. The lowest BCUT2D eigenvalue weighted by molar-refractivity contribution is -0.264. The Bertz CT molecular complexity index is 828. The molecule has 146 valence electrons. The number of rotatable bonds is 7. The predicted molar refractivity (Wildman–Crippen MR) is 108 cm³/mol. The molecule has 0 saturated carbocycles. The smallest absolute Gasteiger partial charge is 0.327 e. The van der Waals surface area contributed by atoms with Crippen LogP contribution in [0.5, 0.6) is 0 Å². The van der Waals surface area contributed by atoms with Crippen molar-refractivity contribution in [2.24, 2.45) is 5.41 Å². The number of carbonyl (C=O) groups excluding carboxylic acids is 2. The number of carbonyl (C=O) groups is 2. The molecular weight excluding hydrogens is 352 g/mol. The summed E-state index contributed by atoms with van der Waals surface area (Å²) in [5.41, 5.74) is 1.34. The molecular formula is C24H26O4. The highest BCUT2D eigenvalue weighted by molar-refractivity contribution is 6.02. The van der Waals surface area contributed by atoms with Crippen molar-refractivity contribution in [3.63, 3.8) is 0 Å². The Morgan fingerprint density at radius 2 is 1.32 bits per heavy atom. The largest absolute Gasteiger partial charge is 0.422 e. The molecule has 4 heteroatoms. The number of esters is 2. The minimum Gasteiger partial charge on any atom is -0.422 e. The highest BCUT2D eigenvalue weighted by atomic mass is 16.7. The SMILES string of the molecule is C=Cc1ccc(CC2(Cc3ccccc3)C(=O)OC(CC)(CC)OC2=O)cc1. The van der Waals surface area contributed by atoms with Gasteiger partial charge in [-0.05, 0) is 29.5 Å². The number of benzene rings is 2. The average molecular weight is 378 g/mol. The fourth-order valence-corrected chi connectivity index (χ4v) is 3.59. The molecule has 1 aliphatic rings. The molecule has 0 radical (unpaired) electrons. The fraction of sp³-hybridized carbons (Fsp3) is 0.333. The van der Waals surface area contributed by atoms with E-state index in [4.69, 9.17) is 9.47 Å². The van der Waals surface area contributed by atoms with E-state index in [2.05, 4.69) is 6.58 Å². The van der Waals surface area contributed by atoms with Crippen LogP contribution in [0.4, 0.5) is 0 Å². The molecule has 1 saturated heterocycles. The lowest BCUT2D eigenvalue weighted by Gasteiger charge is -2.43. The first-order valence-electron chi connectivity index (χ1n) is 9.69. The lowest BCUT2D eigenvalue weighted by Crippen LogP contribution is -2.57. The molecule has 4 nitrogen and oxygen atoms in total. The van der Waals surface area contributed by atoms with Crippen LogP contribution in [0, 0.1) is 5.41 Å². The van der Waals surface area contributed by atoms with Crippen LogP contribution >= 0.6 is 0 Å². The van der Waals surface area contributed by atoms with Crippen molar-refractivity contribution in [1.29, 1.82) is 0 Å². The standard InChI is InChI=1S/C24H26O4/c1-4-18-12-14-20(15-13-18)17-23(16-19-10-8-7-9-11-19)21(25)27-24(5-2,6-3)28-22(23)26/h4,7-15H,1,5-6,16-17H2,2-3H3. The molecule has 0 atom stereocenters. The third kappa shape index (κ3) is 3.72. The van der Waals surface area contributed by atoms with Gasteiger partial charge in [0.05, 0.1) is 0 Å². The van der Waals surface area contributed by atoms with Crippen molar-refractivity contribution in [2.45, 2.75) is 45.3 Å². The summed E-state index contributed by atoms with van der Waals surface area (Å²) in [6, 6.07) is 17.2. The summed E-state index contributed by atoms with van der Waals surface area (Å²) in [6.45, 7) is 7.46. The quantitative estimate of drug-likeness (QED) is 0.517. The number of hydrogen-bond donors (Lipinski definition) is 0. The molecule has 0 aliphatic carbocycles. The van der Waals surface area contributed by atoms with Crippen molar-refractivity contribution in [3.8, 4) is 0 Å². The molecule has 1 aliphatic heterocycles.